The number of likely N-dealkylation sites (tertiary alicyclic amines) is 1. The molecule has 40 heavy (non-hydrogen) atoms. The molecule has 0 bridgehead atoms. The maximum atomic E-state index is 12.5. The van der Waals surface area contributed by atoms with E-state index in [0.717, 1.165) is 50.2 Å². The van der Waals surface area contributed by atoms with Crippen molar-refractivity contribution >= 4 is 11.7 Å². The Hall–Kier alpha value is -3.44. The van der Waals surface area contributed by atoms with Gasteiger partial charge in [0.2, 0.25) is 5.91 Å². The summed E-state index contributed by atoms with van der Waals surface area (Å²) in [6.45, 7) is 7.11. The first-order chi connectivity index (χ1) is 19.5. The lowest BCUT2D eigenvalue weighted by atomic mass is 9.62. The van der Waals surface area contributed by atoms with Crippen LogP contribution in [0.1, 0.15) is 60.9 Å². The smallest absolute Gasteiger partial charge is 0.318 e. The van der Waals surface area contributed by atoms with Crippen molar-refractivity contribution in [1.82, 2.24) is 19.8 Å². The summed E-state index contributed by atoms with van der Waals surface area (Å²) >= 11 is 0. The number of nitriles is 1. The van der Waals surface area contributed by atoms with Gasteiger partial charge in [-0.15, -0.1) is 0 Å². The van der Waals surface area contributed by atoms with Gasteiger partial charge in [-0.2, -0.15) is 15.2 Å². The maximum Gasteiger partial charge on any atom is 0.318 e. The molecule has 2 aliphatic heterocycles. The molecule has 1 aromatic heterocycles. The highest BCUT2D eigenvalue weighted by Gasteiger charge is 2.42. The lowest BCUT2D eigenvalue weighted by Crippen LogP contribution is -2.55. The number of hydrogen-bond acceptors (Lipinski definition) is 7. The number of amides is 1. The molecule has 8 heteroatoms. The van der Waals surface area contributed by atoms with Gasteiger partial charge in [0.05, 0.1) is 24.2 Å². The van der Waals surface area contributed by atoms with E-state index in [1.807, 2.05) is 0 Å². The number of ether oxygens (including phenoxy) is 1. The summed E-state index contributed by atoms with van der Waals surface area (Å²) < 4.78 is 6.33. The van der Waals surface area contributed by atoms with Crippen molar-refractivity contribution in [3.05, 3.63) is 59.3 Å². The number of aromatic nitrogens is 2. The molecular formula is C32H40N6O2. The van der Waals surface area contributed by atoms with Gasteiger partial charge in [-0.05, 0) is 82.2 Å². The van der Waals surface area contributed by atoms with Crippen LogP contribution >= 0.6 is 0 Å². The second-order valence-corrected chi connectivity index (χ2v) is 12.0. The van der Waals surface area contributed by atoms with E-state index in [0.29, 0.717) is 38.3 Å². The minimum absolute atomic E-state index is 0.106. The zero-order valence-corrected chi connectivity index (χ0v) is 23.6. The minimum Gasteiger partial charge on any atom is -0.462 e. The fourth-order valence-corrected chi connectivity index (χ4v) is 7.54. The SMILES string of the molecule is C=CC(=O)N1CCN(c2nc(OCC3CCCN3C)nc3c2CC[C@]2(CCCc4ccccc42)C3)C[C@@H]1CC#N. The number of rotatable bonds is 6. The van der Waals surface area contributed by atoms with Crippen LogP contribution in [0.2, 0.25) is 0 Å². The molecular weight excluding hydrogens is 500 g/mol. The monoisotopic (exact) mass is 540 g/mol. The second-order valence-electron chi connectivity index (χ2n) is 12.0. The highest BCUT2D eigenvalue weighted by Crippen LogP contribution is 2.47. The van der Waals surface area contributed by atoms with Crippen molar-refractivity contribution in [2.75, 3.05) is 44.7 Å². The Morgan fingerprint density at radius 3 is 2.85 bits per heavy atom. The van der Waals surface area contributed by atoms with E-state index in [1.165, 1.54) is 42.0 Å². The summed E-state index contributed by atoms with van der Waals surface area (Å²) in [4.78, 5) is 29.0. The number of nitrogens with zero attached hydrogens (tertiary/aromatic N) is 6. The second kappa shape index (κ2) is 11.2. The lowest BCUT2D eigenvalue weighted by molar-refractivity contribution is -0.128. The van der Waals surface area contributed by atoms with E-state index in [-0.39, 0.29) is 23.8 Å². The molecule has 2 saturated heterocycles. The van der Waals surface area contributed by atoms with Crippen molar-refractivity contribution in [2.45, 2.75) is 75.3 Å². The molecule has 3 atom stereocenters. The number of piperazine rings is 1. The van der Waals surface area contributed by atoms with Crippen molar-refractivity contribution in [3.63, 3.8) is 0 Å². The van der Waals surface area contributed by atoms with Crippen LogP contribution in [0, 0.1) is 11.3 Å². The number of aryl methyl sites for hydroxylation is 1. The molecule has 1 unspecified atom stereocenters. The molecule has 0 N–H and O–H groups in total. The van der Waals surface area contributed by atoms with Crippen molar-refractivity contribution in [3.8, 4) is 12.1 Å². The molecule has 210 valence electrons. The molecule has 2 aromatic rings. The molecule has 4 aliphatic rings. The van der Waals surface area contributed by atoms with Crippen LogP contribution in [-0.4, -0.2) is 77.6 Å². The first-order valence-electron chi connectivity index (χ1n) is 14.9. The van der Waals surface area contributed by atoms with Gasteiger partial charge in [0.15, 0.2) is 0 Å². The minimum atomic E-state index is -0.202. The third kappa shape index (κ3) is 4.96. The van der Waals surface area contributed by atoms with Gasteiger partial charge in [0, 0.05) is 36.7 Å². The highest BCUT2D eigenvalue weighted by molar-refractivity contribution is 5.87. The normalized spacial score (nSPS) is 26.2. The van der Waals surface area contributed by atoms with Crippen LogP contribution in [0.15, 0.2) is 36.9 Å². The van der Waals surface area contributed by atoms with Crippen molar-refractivity contribution < 1.29 is 9.53 Å². The average molecular weight is 541 g/mol. The number of carbonyl (C=O) groups is 1. The van der Waals surface area contributed by atoms with Crippen LogP contribution in [0.4, 0.5) is 5.82 Å². The predicted octanol–water partition coefficient (Wildman–Crippen LogP) is 3.83. The Bertz CT molecular complexity index is 1320. The quantitative estimate of drug-likeness (QED) is 0.515. The van der Waals surface area contributed by atoms with Gasteiger partial charge in [-0.25, -0.2) is 0 Å². The molecule has 8 nitrogen and oxygen atoms in total. The predicted molar refractivity (Wildman–Crippen MR) is 154 cm³/mol. The van der Waals surface area contributed by atoms with Crippen LogP contribution in [-0.2, 0) is 29.5 Å². The number of likely N-dealkylation sites (N-methyl/N-ethyl adjacent to an activating group) is 1. The van der Waals surface area contributed by atoms with Gasteiger partial charge in [0.1, 0.15) is 12.4 Å². The van der Waals surface area contributed by atoms with Crippen LogP contribution in [0.3, 0.4) is 0 Å². The standard InChI is InChI=1S/C32H40N6O2/c1-3-29(39)38-19-18-37(21-24(38)13-16-33)30-26-12-15-32(14-6-9-23-8-4-5-11-27(23)32)20-28(26)34-31(35-30)40-22-25-10-7-17-36(25)2/h3-5,8,11,24-25H,1,6-7,9-10,12-15,17-22H2,2H3/t24-,25?,32+/m0/s1. The molecule has 1 spiro atoms. The Morgan fingerprint density at radius 1 is 1.18 bits per heavy atom. The molecule has 6 rings (SSSR count). The molecule has 2 fully saturated rings. The average Bonchev–Trinajstić information content (AvgIpc) is 3.40. The summed E-state index contributed by atoms with van der Waals surface area (Å²) in [7, 11) is 2.16. The molecule has 2 aliphatic carbocycles. The van der Waals surface area contributed by atoms with E-state index >= 15 is 0 Å². The van der Waals surface area contributed by atoms with Gasteiger partial charge in [-0.1, -0.05) is 30.8 Å². The Labute approximate surface area is 237 Å². The van der Waals surface area contributed by atoms with E-state index < -0.39 is 0 Å². The Kier molecular flexibility index (Phi) is 7.50. The summed E-state index contributed by atoms with van der Waals surface area (Å²) in [5.41, 5.74) is 5.39. The zero-order valence-electron chi connectivity index (χ0n) is 23.6. The first kappa shape index (κ1) is 26.8. The number of fused-ring (bicyclic) bond motifs is 3. The fourth-order valence-electron chi connectivity index (χ4n) is 7.54. The summed E-state index contributed by atoms with van der Waals surface area (Å²) in [6, 6.07) is 11.9. The zero-order chi connectivity index (χ0) is 27.7. The number of hydrogen-bond donors (Lipinski definition) is 0. The highest BCUT2D eigenvalue weighted by atomic mass is 16.5. The molecule has 1 amide bonds. The topological polar surface area (TPSA) is 85.6 Å². The first-order valence-corrected chi connectivity index (χ1v) is 14.9. The van der Waals surface area contributed by atoms with Gasteiger partial charge >= 0.3 is 6.01 Å². The Morgan fingerprint density at radius 2 is 2.05 bits per heavy atom. The largest absolute Gasteiger partial charge is 0.462 e. The number of benzene rings is 1. The van der Waals surface area contributed by atoms with Crippen LogP contribution in [0.5, 0.6) is 6.01 Å². The van der Waals surface area contributed by atoms with E-state index in [4.69, 9.17) is 14.7 Å². The van der Waals surface area contributed by atoms with Gasteiger partial charge in [0.25, 0.3) is 0 Å². The van der Waals surface area contributed by atoms with Crippen molar-refractivity contribution in [1.29, 1.82) is 5.26 Å². The summed E-state index contributed by atoms with van der Waals surface area (Å²) in [5.74, 6) is 0.805. The third-order valence-corrected chi connectivity index (χ3v) is 9.74. The summed E-state index contributed by atoms with van der Waals surface area (Å²) in [6.07, 6.45) is 10.4. The molecule has 1 aromatic carbocycles. The lowest BCUT2D eigenvalue weighted by Gasteiger charge is -2.44. The third-order valence-electron chi connectivity index (χ3n) is 9.74. The van der Waals surface area contributed by atoms with Crippen molar-refractivity contribution in [2.24, 2.45) is 0 Å². The number of anilines is 1. The molecule has 3 heterocycles. The van der Waals surface area contributed by atoms with E-state index in [1.54, 1.807) is 4.90 Å². The van der Waals surface area contributed by atoms with E-state index in [9.17, 15) is 10.1 Å². The number of carbonyl (C=O) groups excluding carboxylic acids is 1. The maximum absolute atomic E-state index is 12.5. The molecule has 0 saturated carbocycles. The van der Waals surface area contributed by atoms with Crippen LogP contribution in [0.25, 0.3) is 0 Å². The van der Waals surface area contributed by atoms with Gasteiger partial charge in [-0.3, -0.25) is 4.79 Å². The Balaban J connectivity index is 1.34. The van der Waals surface area contributed by atoms with Gasteiger partial charge < -0.3 is 19.4 Å². The fraction of sp³-hybridized carbons (Fsp3) is 0.562. The van der Waals surface area contributed by atoms with E-state index in [2.05, 4.69) is 53.8 Å². The molecule has 0 radical (unpaired) electrons. The summed E-state index contributed by atoms with van der Waals surface area (Å²) in [5, 5.41) is 9.52. The van der Waals surface area contributed by atoms with Crippen LogP contribution < -0.4 is 9.64 Å².